The summed E-state index contributed by atoms with van der Waals surface area (Å²) in [4.78, 5) is 37.0. The zero-order valence-electron chi connectivity index (χ0n) is 37.5. The number of rotatable bonds is 39. The van der Waals surface area contributed by atoms with Gasteiger partial charge in [0.15, 0.2) is 12.1 Å². The number of hydrogen-bond donors (Lipinski definition) is 1. The van der Waals surface area contributed by atoms with E-state index < -0.39 is 18.1 Å². The maximum Gasteiger partial charge on any atom is 0.362 e. The molecule has 0 aromatic carbocycles. The van der Waals surface area contributed by atoms with E-state index in [4.69, 9.17) is 14.2 Å². The number of quaternary nitrogens is 1. The number of carbonyl (C=O) groups excluding carboxylic acids is 2. The second kappa shape index (κ2) is 40.3. The molecule has 0 saturated heterocycles. The molecule has 2 unspecified atom stereocenters. The van der Waals surface area contributed by atoms with E-state index >= 15 is 0 Å². The number of unbranched alkanes of at least 4 members (excludes halogenated alkanes) is 16. The van der Waals surface area contributed by atoms with Gasteiger partial charge in [-0.2, -0.15) is 0 Å². The molecule has 0 aliphatic heterocycles. The van der Waals surface area contributed by atoms with Gasteiger partial charge in [0.25, 0.3) is 0 Å². The van der Waals surface area contributed by atoms with Crippen molar-refractivity contribution in [3.05, 3.63) is 85.1 Å². The highest BCUT2D eigenvalue weighted by Crippen LogP contribution is 2.13. The first kappa shape index (κ1) is 54.5. The predicted octanol–water partition coefficient (Wildman–Crippen LogP) is 12.5. The van der Waals surface area contributed by atoms with Crippen LogP contribution in [0.15, 0.2) is 85.1 Å². The molecule has 8 nitrogen and oxygen atoms in total. The highest BCUT2D eigenvalue weighted by molar-refractivity contribution is 5.72. The first-order chi connectivity index (χ1) is 28.1. The third-order valence-corrected chi connectivity index (χ3v) is 9.65. The molecule has 0 saturated carbocycles. The average Bonchev–Trinajstić information content (AvgIpc) is 3.18. The number of likely N-dealkylation sites (N-methyl/N-ethyl adjacent to an activating group) is 1. The van der Waals surface area contributed by atoms with E-state index in [1.54, 1.807) is 0 Å². The number of ether oxygens (including phenoxy) is 3. The molecular weight excluding hydrogens is 727 g/mol. The van der Waals surface area contributed by atoms with Crippen molar-refractivity contribution in [3.63, 3.8) is 0 Å². The fourth-order valence-corrected chi connectivity index (χ4v) is 6.11. The monoisotopic (exact) mass is 811 g/mol. The van der Waals surface area contributed by atoms with E-state index in [1.165, 1.54) is 51.4 Å². The Bertz CT molecular complexity index is 1220. The molecule has 0 aromatic heterocycles. The second-order valence-corrected chi connectivity index (χ2v) is 16.1. The van der Waals surface area contributed by atoms with Crippen LogP contribution in [0.2, 0.25) is 0 Å². The van der Waals surface area contributed by atoms with Crippen LogP contribution in [-0.4, -0.2) is 80.6 Å². The van der Waals surface area contributed by atoms with Crippen molar-refractivity contribution in [1.29, 1.82) is 0 Å². The van der Waals surface area contributed by atoms with E-state index in [1.807, 2.05) is 57.6 Å². The fourth-order valence-electron chi connectivity index (χ4n) is 6.11. The van der Waals surface area contributed by atoms with Crippen LogP contribution >= 0.6 is 0 Å². The van der Waals surface area contributed by atoms with Crippen LogP contribution in [0.5, 0.6) is 0 Å². The summed E-state index contributed by atoms with van der Waals surface area (Å²) in [5, 5.41) is 9.62. The van der Waals surface area contributed by atoms with Gasteiger partial charge in [-0.1, -0.05) is 170 Å². The van der Waals surface area contributed by atoms with Crippen LogP contribution in [0.3, 0.4) is 0 Å². The maximum absolute atomic E-state index is 12.7. The fraction of sp³-hybridized carbons (Fsp3) is 0.660. The molecule has 8 heteroatoms. The Morgan fingerprint density at radius 1 is 0.517 bits per heavy atom. The summed E-state index contributed by atoms with van der Waals surface area (Å²) in [5.41, 5.74) is 0. The Kier molecular flexibility index (Phi) is 37.9. The smallest absolute Gasteiger partial charge is 0.362 e. The number of carboxylic acid groups (broad SMARTS) is 1. The minimum absolute atomic E-state index is 0.0368. The molecule has 0 rings (SSSR count). The topological polar surface area (TPSA) is 99.1 Å². The molecule has 0 radical (unpaired) electrons. The van der Waals surface area contributed by atoms with Crippen molar-refractivity contribution in [2.24, 2.45) is 0 Å². The van der Waals surface area contributed by atoms with Crippen LogP contribution in [0.25, 0.3) is 0 Å². The van der Waals surface area contributed by atoms with Crippen molar-refractivity contribution in [1.82, 2.24) is 0 Å². The molecule has 0 bridgehead atoms. The third-order valence-electron chi connectivity index (χ3n) is 9.65. The lowest BCUT2D eigenvalue weighted by Gasteiger charge is -2.31. The van der Waals surface area contributed by atoms with Crippen molar-refractivity contribution in [2.75, 3.05) is 41.0 Å². The van der Waals surface area contributed by atoms with Crippen LogP contribution in [0, 0.1) is 0 Å². The standard InChI is InChI=1S/C50H83NO7/c1-6-8-10-12-14-16-18-20-22-24-25-27-29-31-33-35-37-39-41-49(53)58-46(44-56-43-42-47(50(54)55)51(3,4)5)45-57-48(52)40-38-36-34-32-30-28-26-23-21-19-17-15-13-11-9-7-2/h10,12,14,16,18,20,22-28,30,46-47H,6-9,11,13,15,17,19,21,29,31-45H2,1-5H3/p+1/b12-10+,16-14+,20-18+,24-22+,26-23+,27-25+,30-28+. The molecule has 2 atom stereocenters. The van der Waals surface area contributed by atoms with Crippen LogP contribution in [-0.2, 0) is 28.6 Å². The molecule has 1 N–H and O–H groups in total. The normalized spacial score (nSPS) is 13.7. The van der Waals surface area contributed by atoms with Gasteiger partial charge in [0, 0.05) is 19.3 Å². The highest BCUT2D eigenvalue weighted by Gasteiger charge is 2.31. The summed E-state index contributed by atoms with van der Waals surface area (Å²) in [7, 11) is 5.50. The molecular formula is C50H84NO7+. The van der Waals surface area contributed by atoms with Gasteiger partial charge in [-0.05, 0) is 57.8 Å². The first-order valence-corrected chi connectivity index (χ1v) is 22.7. The molecule has 0 aliphatic carbocycles. The van der Waals surface area contributed by atoms with Gasteiger partial charge in [-0.25, -0.2) is 4.79 Å². The van der Waals surface area contributed by atoms with Gasteiger partial charge >= 0.3 is 17.9 Å². The Labute approximate surface area is 354 Å². The molecule has 0 fully saturated rings. The van der Waals surface area contributed by atoms with Gasteiger partial charge in [-0.15, -0.1) is 0 Å². The maximum atomic E-state index is 12.7. The zero-order chi connectivity index (χ0) is 42.8. The summed E-state index contributed by atoms with van der Waals surface area (Å²) >= 11 is 0. The number of allylic oxidation sites excluding steroid dienone is 14. The quantitative estimate of drug-likeness (QED) is 0.0286. The van der Waals surface area contributed by atoms with Crippen LogP contribution in [0.4, 0.5) is 0 Å². The number of aliphatic carboxylic acids is 1. The van der Waals surface area contributed by atoms with Gasteiger partial charge < -0.3 is 23.8 Å². The minimum atomic E-state index is -0.887. The van der Waals surface area contributed by atoms with E-state index in [0.717, 1.165) is 77.0 Å². The number of nitrogens with zero attached hydrogens (tertiary/aromatic N) is 1. The van der Waals surface area contributed by atoms with E-state index in [9.17, 15) is 19.5 Å². The summed E-state index contributed by atoms with van der Waals surface area (Å²) in [6.45, 7) is 4.57. The van der Waals surface area contributed by atoms with E-state index in [-0.39, 0.29) is 36.2 Å². The molecule has 0 amide bonds. The Balaban J connectivity index is 4.46. The second-order valence-electron chi connectivity index (χ2n) is 16.1. The lowest BCUT2D eigenvalue weighted by Crippen LogP contribution is -2.50. The average molecular weight is 811 g/mol. The van der Waals surface area contributed by atoms with Crippen LogP contribution in [0.1, 0.15) is 162 Å². The molecule has 0 spiro atoms. The van der Waals surface area contributed by atoms with Gasteiger partial charge in [0.1, 0.15) is 6.61 Å². The largest absolute Gasteiger partial charge is 0.477 e. The van der Waals surface area contributed by atoms with Crippen LogP contribution < -0.4 is 0 Å². The number of hydrogen-bond acceptors (Lipinski definition) is 6. The summed E-state index contributed by atoms with van der Waals surface area (Å²) in [6, 6.07) is -0.628. The van der Waals surface area contributed by atoms with Crippen molar-refractivity contribution in [2.45, 2.75) is 174 Å². The first-order valence-electron chi connectivity index (χ1n) is 22.7. The lowest BCUT2D eigenvalue weighted by molar-refractivity contribution is -0.887. The molecule has 330 valence electrons. The SMILES string of the molecule is CCC/C=C/C=C/C=C/C=C/C=C/CCCCCCCC(=O)OC(COCCC(C(=O)O)[N+](C)(C)C)COC(=O)CCCCC/C=C/C=C/CCCCCCCCC. The number of carboxylic acids is 1. The Hall–Kier alpha value is -3.49. The van der Waals surface area contributed by atoms with Crippen molar-refractivity contribution >= 4 is 17.9 Å². The Morgan fingerprint density at radius 3 is 1.45 bits per heavy atom. The highest BCUT2D eigenvalue weighted by atomic mass is 16.6. The molecule has 58 heavy (non-hydrogen) atoms. The summed E-state index contributed by atoms with van der Waals surface area (Å²) in [5.74, 6) is -1.54. The summed E-state index contributed by atoms with van der Waals surface area (Å²) < 4.78 is 17.2. The predicted molar refractivity (Wildman–Crippen MR) is 243 cm³/mol. The van der Waals surface area contributed by atoms with Crippen molar-refractivity contribution in [3.8, 4) is 0 Å². The lowest BCUT2D eigenvalue weighted by atomic mass is 10.1. The number of carbonyl (C=O) groups is 3. The third kappa shape index (κ3) is 38.1. The van der Waals surface area contributed by atoms with Gasteiger partial charge in [0.2, 0.25) is 0 Å². The van der Waals surface area contributed by atoms with Gasteiger partial charge in [0.05, 0.1) is 34.4 Å². The minimum Gasteiger partial charge on any atom is -0.477 e. The van der Waals surface area contributed by atoms with Gasteiger partial charge in [-0.3, -0.25) is 9.59 Å². The molecule has 0 aliphatic rings. The van der Waals surface area contributed by atoms with Crippen molar-refractivity contribution < 1.29 is 38.2 Å². The summed E-state index contributed by atoms with van der Waals surface area (Å²) in [6.07, 6.45) is 51.9. The molecule has 0 heterocycles. The molecule has 0 aromatic rings. The zero-order valence-corrected chi connectivity index (χ0v) is 37.5. The van der Waals surface area contributed by atoms with E-state index in [0.29, 0.717) is 19.3 Å². The number of esters is 2. The Morgan fingerprint density at radius 2 is 0.948 bits per heavy atom. The van der Waals surface area contributed by atoms with E-state index in [2.05, 4.69) is 62.5 Å².